The molecule has 1 saturated carbocycles. The van der Waals surface area contributed by atoms with Crippen LogP contribution in [0.15, 0.2) is 16.4 Å². The summed E-state index contributed by atoms with van der Waals surface area (Å²) in [6.07, 6.45) is 5.82. The van der Waals surface area contributed by atoms with Gasteiger partial charge in [0.15, 0.2) is 0 Å². The van der Waals surface area contributed by atoms with Crippen LogP contribution >= 0.6 is 11.3 Å². The van der Waals surface area contributed by atoms with Crippen LogP contribution in [-0.4, -0.2) is 4.57 Å². The molecule has 1 aliphatic rings. The minimum Gasteiger partial charge on any atom is -0.306 e. The van der Waals surface area contributed by atoms with Crippen LogP contribution in [0.3, 0.4) is 0 Å². The van der Waals surface area contributed by atoms with E-state index in [0.29, 0.717) is 0 Å². The van der Waals surface area contributed by atoms with Gasteiger partial charge in [-0.05, 0) is 12.3 Å². The normalized spacial score (nSPS) is 17.1. The second-order valence-corrected chi connectivity index (χ2v) is 3.95. The Morgan fingerprint density at radius 2 is 2.45 bits per heavy atom. The van der Waals surface area contributed by atoms with E-state index in [0.717, 1.165) is 12.5 Å². The summed E-state index contributed by atoms with van der Waals surface area (Å²) in [5.41, 5.74) is 0. The van der Waals surface area contributed by atoms with Crippen molar-refractivity contribution >= 4 is 11.3 Å². The summed E-state index contributed by atoms with van der Waals surface area (Å²) in [7, 11) is 0. The highest BCUT2D eigenvalue weighted by Gasteiger charge is 2.20. The summed E-state index contributed by atoms with van der Waals surface area (Å²) in [5.74, 6) is 0.918. The minimum atomic E-state index is 0.186. The van der Waals surface area contributed by atoms with Crippen LogP contribution in [0.2, 0.25) is 0 Å². The van der Waals surface area contributed by atoms with Gasteiger partial charge in [0.2, 0.25) is 0 Å². The number of nitrogens with zero attached hydrogens (tertiary/aromatic N) is 1. The van der Waals surface area contributed by atoms with Gasteiger partial charge in [-0.2, -0.15) is 0 Å². The highest BCUT2D eigenvalue weighted by Crippen LogP contribution is 2.32. The number of hydrogen-bond donors (Lipinski definition) is 0. The summed E-state index contributed by atoms with van der Waals surface area (Å²) < 4.78 is 1.81. The van der Waals surface area contributed by atoms with E-state index in [1.54, 1.807) is 0 Å². The highest BCUT2D eigenvalue weighted by atomic mass is 32.1. The average molecular weight is 169 g/mol. The van der Waals surface area contributed by atoms with Crippen molar-refractivity contribution < 1.29 is 0 Å². The molecule has 1 aromatic rings. The lowest BCUT2D eigenvalue weighted by Gasteiger charge is -1.97. The molecule has 0 saturated heterocycles. The van der Waals surface area contributed by atoms with Gasteiger partial charge < -0.3 is 4.57 Å². The number of thiazole rings is 1. The van der Waals surface area contributed by atoms with Crippen molar-refractivity contribution in [2.24, 2.45) is 5.92 Å². The molecule has 1 heterocycles. The van der Waals surface area contributed by atoms with E-state index in [2.05, 4.69) is 0 Å². The smallest absolute Gasteiger partial charge is 0.306 e. The molecule has 0 aliphatic heterocycles. The Hall–Kier alpha value is -0.570. The fourth-order valence-electron chi connectivity index (χ4n) is 1.18. The number of rotatable bonds is 3. The van der Waals surface area contributed by atoms with E-state index in [1.807, 2.05) is 16.1 Å². The van der Waals surface area contributed by atoms with E-state index in [-0.39, 0.29) is 4.87 Å². The molecule has 0 N–H and O–H groups in total. The van der Waals surface area contributed by atoms with Crippen LogP contribution in [0.1, 0.15) is 19.3 Å². The second-order valence-electron chi connectivity index (χ2n) is 3.09. The first-order chi connectivity index (χ1) is 5.36. The molecular formula is C8H11NOS. The maximum Gasteiger partial charge on any atom is 0.307 e. The van der Waals surface area contributed by atoms with Crippen LogP contribution in [0.5, 0.6) is 0 Å². The van der Waals surface area contributed by atoms with Crippen molar-refractivity contribution in [1.29, 1.82) is 0 Å². The third-order valence-corrected chi connectivity index (χ3v) is 2.81. The third kappa shape index (κ3) is 1.71. The molecule has 0 unspecified atom stereocenters. The summed E-state index contributed by atoms with van der Waals surface area (Å²) in [5, 5.41) is 1.86. The van der Waals surface area contributed by atoms with Crippen LogP contribution in [-0.2, 0) is 6.54 Å². The Morgan fingerprint density at radius 1 is 1.64 bits per heavy atom. The summed E-state index contributed by atoms with van der Waals surface area (Å²) in [4.78, 5) is 11.2. The van der Waals surface area contributed by atoms with Crippen LogP contribution < -0.4 is 4.87 Å². The molecule has 0 atom stereocenters. The molecule has 1 aromatic heterocycles. The first-order valence-electron chi connectivity index (χ1n) is 4.00. The largest absolute Gasteiger partial charge is 0.307 e. The van der Waals surface area contributed by atoms with Gasteiger partial charge in [0.1, 0.15) is 0 Å². The second kappa shape index (κ2) is 2.81. The fourth-order valence-corrected chi connectivity index (χ4v) is 1.80. The molecule has 0 radical (unpaired) electrons. The van der Waals surface area contributed by atoms with Crippen molar-refractivity contribution in [2.75, 3.05) is 0 Å². The maximum absolute atomic E-state index is 11.0. The Balaban J connectivity index is 1.94. The lowest BCUT2D eigenvalue weighted by atomic mass is 10.3. The number of hydrogen-bond acceptors (Lipinski definition) is 2. The first kappa shape index (κ1) is 7.10. The molecule has 0 amide bonds. The molecule has 0 bridgehead atoms. The third-order valence-electron chi connectivity index (χ3n) is 2.12. The van der Waals surface area contributed by atoms with Crippen LogP contribution in [0, 0.1) is 5.92 Å². The minimum absolute atomic E-state index is 0.186. The van der Waals surface area contributed by atoms with E-state index >= 15 is 0 Å². The molecule has 11 heavy (non-hydrogen) atoms. The molecule has 0 aromatic carbocycles. The molecule has 1 fully saturated rings. The van der Waals surface area contributed by atoms with Crippen molar-refractivity contribution in [3.8, 4) is 0 Å². The van der Waals surface area contributed by atoms with E-state index < -0.39 is 0 Å². The lowest BCUT2D eigenvalue weighted by Crippen LogP contribution is -2.11. The van der Waals surface area contributed by atoms with Crippen molar-refractivity contribution in [3.63, 3.8) is 0 Å². The van der Waals surface area contributed by atoms with Crippen LogP contribution in [0.4, 0.5) is 0 Å². The van der Waals surface area contributed by atoms with E-state index in [4.69, 9.17) is 0 Å². The van der Waals surface area contributed by atoms with Gasteiger partial charge in [-0.25, -0.2) is 0 Å². The molecule has 2 nitrogen and oxygen atoms in total. The monoisotopic (exact) mass is 169 g/mol. The van der Waals surface area contributed by atoms with Crippen molar-refractivity contribution in [3.05, 3.63) is 21.2 Å². The van der Waals surface area contributed by atoms with Gasteiger partial charge in [-0.1, -0.05) is 24.2 Å². The van der Waals surface area contributed by atoms with Gasteiger partial charge in [-0.15, -0.1) is 0 Å². The maximum atomic E-state index is 11.0. The number of aryl methyl sites for hydroxylation is 1. The zero-order chi connectivity index (χ0) is 7.68. The summed E-state index contributed by atoms with van der Waals surface area (Å²) in [6.45, 7) is 0.924. The van der Waals surface area contributed by atoms with E-state index in [9.17, 15) is 4.79 Å². The SMILES string of the molecule is O=c1sccn1CCC1CC1. The topological polar surface area (TPSA) is 22.0 Å². The lowest BCUT2D eigenvalue weighted by molar-refractivity contribution is 0.590. The number of aromatic nitrogens is 1. The summed E-state index contributed by atoms with van der Waals surface area (Å²) >= 11 is 1.28. The van der Waals surface area contributed by atoms with Crippen molar-refractivity contribution in [1.82, 2.24) is 4.57 Å². The predicted molar refractivity (Wildman–Crippen MR) is 45.9 cm³/mol. The molecular weight excluding hydrogens is 158 g/mol. The van der Waals surface area contributed by atoms with Gasteiger partial charge in [0.25, 0.3) is 0 Å². The Labute approximate surface area is 69.5 Å². The van der Waals surface area contributed by atoms with E-state index in [1.165, 1.54) is 30.6 Å². The van der Waals surface area contributed by atoms with Gasteiger partial charge in [0, 0.05) is 18.1 Å². The predicted octanol–water partition coefficient (Wildman–Crippen LogP) is 1.71. The standard InChI is InChI=1S/C8H11NOS/c10-8-9(5-6-11-8)4-3-7-1-2-7/h5-7H,1-4H2. The molecule has 0 spiro atoms. The van der Waals surface area contributed by atoms with Crippen molar-refractivity contribution in [2.45, 2.75) is 25.8 Å². The molecule has 3 heteroatoms. The summed E-state index contributed by atoms with van der Waals surface area (Å²) in [6, 6.07) is 0. The van der Waals surface area contributed by atoms with Gasteiger partial charge >= 0.3 is 4.87 Å². The fraction of sp³-hybridized carbons (Fsp3) is 0.625. The Kier molecular flexibility index (Phi) is 1.82. The zero-order valence-electron chi connectivity index (χ0n) is 6.32. The van der Waals surface area contributed by atoms with Gasteiger partial charge in [-0.3, -0.25) is 4.79 Å². The van der Waals surface area contributed by atoms with Gasteiger partial charge in [0.05, 0.1) is 0 Å². The highest BCUT2D eigenvalue weighted by molar-refractivity contribution is 7.07. The average Bonchev–Trinajstić information content (AvgIpc) is 2.73. The Bertz CT molecular complexity index is 284. The Morgan fingerprint density at radius 3 is 3.00 bits per heavy atom. The quantitative estimate of drug-likeness (QED) is 0.675. The molecule has 2 rings (SSSR count). The van der Waals surface area contributed by atoms with Crippen LogP contribution in [0.25, 0.3) is 0 Å². The molecule has 1 aliphatic carbocycles. The molecule has 60 valence electrons. The zero-order valence-corrected chi connectivity index (χ0v) is 7.14. The first-order valence-corrected chi connectivity index (χ1v) is 4.88.